The zero-order valence-electron chi connectivity index (χ0n) is 9.10. The van der Waals surface area contributed by atoms with E-state index in [-0.39, 0.29) is 5.91 Å². The normalized spacial score (nSPS) is 23.6. The lowest BCUT2D eigenvalue weighted by Crippen LogP contribution is -2.36. The largest absolute Gasteiger partial charge is 0.335 e. The molecule has 0 spiro atoms. The molecule has 2 heterocycles. The summed E-state index contributed by atoms with van der Waals surface area (Å²) in [6.07, 6.45) is 5.07. The number of nitrogens with zero attached hydrogens (tertiary/aromatic N) is 2. The number of carbonyl (C=O) groups is 1. The van der Waals surface area contributed by atoms with E-state index in [1.54, 1.807) is 0 Å². The molecule has 82 valence electrons. The number of fused-ring (bicyclic) bond motifs is 2. The first kappa shape index (κ1) is 9.58. The van der Waals surface area contributed by atoms with Crippen LogP contribution in [-0.4, -0.2) is 29.6 Å². The lowest BCUT2D eigenvalue weighted by Gasteiger charge is -2.25. The Morgan fingerprint density at radius 2 is 2.19 bits per heavy atom. The van der Waals surface area contributed by atoms with E-state index in [2.05, 4.69) is 4.99 Å². The van der Waals surface area contributed by atoms with Gasteiger partial charge in [-0.3, -0.25) is 9.79 Å². The minimum atomic E-state index is 0.148. The highest BCUT2D eigenvalue weighted by Crippen LogP contribution is 2.28. The number of rotatable bonds is 0. The first-order valence-electron chi connectivity index (χ1n) is 5.79. The fraction of sp³-hybridized carbons (Fsp3) is 0.385. The van der Waals surface area contributed by atoms with Crippen molar-refractivity contribution in [3.05, 3.63) is 29.8 Å². The number of benzene rings is 1. The second kappa shape index (κ2) is 3.74. The topological polar surface area (TPSA) is 32.7 Å². The van der Waals surface area contributed by atoms with Crippen molar-refractivity contribution in [1.29, 1.82) is 0 Å². The molecule has 3 heteroatoms. The van der Waals surface area contributed by atoms with Crippen LogP contribution >= 0.6 is 0 Å². The fourth-order valence-corrected chi connectivity index (χ4v) is 2.54. The van der Waals surface area contributed by atoms with Crippen LogP contribution in [0.1, 0.15) is 29.6 Å². The van der Waals surface area contributed by atoms with Gasteiger partial charge in [0.2, 0.25) is 0 Å². The summed E-state index contributed by atoms with van der Waals surface area (Å²) in [6.45, 7) is 0.895. The van der Waals surface area contributed by atoms with Crippen molar-refractivity contribution in [1.82, 2.24) is 4.90 Å². The average Bonchev–Trinajstić information content (AvgIpc) is 2.75. The average molecular weight is 214 g/mol. The standard InChI is InChI=1S/C13H14N2O/c16-13-11-5-1-2-6-12(11)14-8-7-10-4-3-9-15(10)13/h1-2,5-6,8,10H,3-4,7,9H2/t10-/m0/s1. The highest BCUT2D eigenvalue weighted by Gasteiger charge is 2.30. The summed E-state index contributed by atoms with van der Waals surface area (Å²) in [7, 11) is 0. The van der Waals surface area contributed by atoms with Gasteiger partial charge in [-0.05, 0) is 25.0 Å². The molecule has 1 fully saturated rings. The molecule has 2 aliphatic rings. The van der Waals surface area contributed by atoms with Crippen molar-refractivity contribution in [2.24, 2.45) is 4.99 Å². The number of carbonyl (C=O) groups excluding carboxylic acids is 1. The van der Waals surface area contributed by atoms with Gasteiger partial charge in [-0.1, -0.05) is 12.1 Å². The van der Waals surface area contributed by atoms with Gasteiger partial charge in [0.15, 0.2) is 0 Å². The second-order valence-corrected chi connectivity index (χ2v) is 4.36. The van der Waals surface area contributed by atoms with Crippen LogP contribution in [0.25, 0.3) is 0 Å². The molecule has 3 rings (SSSR count). The van der Waals surface area contributed by atoms with Crippen LogP contribution in [0.2, 0.25) is 0 Å². The van der Waals surface area contributed by atoms with Crippen molar-refractivity contribution in [3.63, 3.8) is 0 Å². The maximum absolute atomic E-state index is 12.3. The van der Waals surface area contributed by atoms with E-state index < -0.39 is 0 Å². The summed E-state index contributed by atoms with van der Waals surface area (Å²) in [6, 6.07) is 7.96. The zero-order valence-corrected chi connectivity index (χ0v) is 9.10. The molecular weight excluding hydrogens is 200 g/mol. The molecule has 0 aliphatic carbocycles. The van der Waals surface area contributed by atoms with Crippen LogP contribution in [0.15, 0.2) is 29.3 Å². The molecule has 1 saturated heterocycles. The van der Waals surface area contributed by atoms with Crippen LogP contribution in [0.5, 0.6) is 0 Å². The Hall–Kier alpha value is -1.64. The quantitative estimate of drug-likeness (QED) is 0.652. The number of amides is 1. The summed E-state index contributed by atoms with van der Waals surface area (Å²) in [5.41, 5.74) is 1.54. The van der Waals surface area contributed by atoms with Gasteiger partial charge >= 0.3 is 0 Å². The molecule has 0 unspecified atom stereocenters. The van der Waals surface area contributed by atoms with Crippen molar-refractivity contribution in [3.8, 4) is 0 Å². The Morgan fingerprint density at radius 1 is 1.31 bits per heavy atom. The van der Waals surface area contributed by atoms with Crippen LogP contribution in [0, 0.1) is 0 Å². The molecule has 2 aliphatic heterocycles. The molecule has 0 radical (unpaired) electrons. The Bertz CT molecular complexity index is 453. The summed E-state index contributed by atoms with van der Waals surface area (Å²) in [5.74, 6) is 0.148. The Labute approximate surface area is 94.8 Å². The lowest BCUT2D eigenvalue weighted by molar-refractivity contribution is 0.0741. The second-order valence-electron chi connectivity index (χ2n) is 4.36. The summed E-state index contributed by atoms with van der Waals surface area (Å²) < 4.78 is 0. The zero-order chi connectivity index (χ0) is 11.0. The fourth-order valence-electron chi connectivity index (χ4n) is 2.54. The van der Waals surface area contributed by atoms with E-state index in [0.717, 1.165) is 37.1 Å². The van der Waals surface area contributed by atoms with E-state index in [1.807, 2.05) is 35.4 Å². The van der Waals surface area contributed by atoms with E-state index >= 15 is 0 Å². The Kier molecular flexibility index (Phi) is 2.24. The number of para-hydroxylation sites is 1. The van der Waals surface area contributed by atoms with E-state index in [1.165, 1.54) is 0 Å². The molecule has 1 aromatic rings. The van der Waals surface area contributed by atoms with E-state index in [0.29, 0.717) is 6.04 Å². The van der Waals surface area contributed by atoms with Crippen molar-refractivity contribution in [2.75, 3.05) is 6.54 Å². The predicted molar refractivity (Wildman–Crippen MR) is 63.3 cm³/mol. The molecule has 1 aromatic carbocycles. The number of aliphatic imine (C=N–C) groups is 1. The molecular formula is C13H14N2O. The SMILES string of the molecule is O=C1c2ccccc2N=CC[C@@H]2CCCN12. The molecule has 0 bridgehead atoms. The van der Waals surface area contributed by atoms with Crippen LogP contribution < -0.4 is 0 Å². The molecule has 16 heavy (non-hydrogen) atoms. The van der Waals surface area contributed by atoms with Crippen LogP contribution in [-0.2, 0) is 0 Å². The van der Waals surface area contributed by atoms with Gasteiger partial charge in [-0.25, -0.2) is 0 Å². The number of hydrogen-bond donors (Lipinski definition) is 0. The number of hydrogen-bond acceptors (Lipinski definition) is 2. The van der Waals surface area contributed by atoms with Gasteiger partial charge in [0.05, 0.1) is 11.3 Å². The summed E-state index contributed by atoms with van der Waals surface area (Å²) in [5, 5.41) is 0. The minimum absolute atomic E-state index is 0.148. The summed E-state index contributed by atoms with van der Waals surface area (Å²) in [4.78, 5) is 18.7. The third kappa shape index (κ3) is 1.43. The van der Waals surface area contributed by atoms with Gasteiger partial charge < -0.3 is 4.90 Å². The maximum Gasteiger partial charge on any atom is 0.256 e. The van der Waals surface area contributed by atoms with Gasteiger partial charge in [-0.15, -0.1) is 0 Å². The van der Waals surface area contributed by atoms with Gasteiger partial charge in [0.25, 0.3) is 5.91 Å². The highest BCUT2D eigenvalue weighted by atomic mass is 16.2. The van der Waals surface area contributed by atoms with Crippen LogP contribution in [0.3, 0.4) is 0 Å². The van der Waals surface area contributed by atoms with Gasteiger partial charge in [-0.2, -0.15) is 0 Å². The van der Waals surface area contributed by atoms with Gasteiger partial charge in [0.1, 0.15) is 0 Å². The monoisotopic (exact) mass is 214 g/mol. The third-order valence-corrected chi connectivity index (χ3v) is 3.38. The summed E-state index contributed by atoms with van der Waals surface area (Å²) >= 11 is 0. The predicted octanol–water partition coefficient (Wildman–Crippen LogP) is 2.40. The molecule has 1 atom stereocenters. The Balaban J connectivity index is 2.07. The minimum Gasteiger partial charge on any atom is -0.335 e. The smallest absolute Gasteiger partial charge is 0.256 e. The highest BCUT2D eigenvalue weighted by molar-refractivity contribution is 6.00. The Morgan fingerprint density at radius 3 is 3.12 bits per heavy atom. The first-order valence-corrected chi connectivity index (χ1v) is 5.79. The van der Waals surface area contributed by atoms with E-state index in [9.17, 15) is 4.79 Å². The maximum atomic E-state index is 12.3. The molecule has 0 aromatic heterocycles. The van der Waals surface area contributed by atoms with E-state index in [4.69, 9.17) is 0 Å². The lowest BCUT2D eigenvalue weighted by atomic mass is 10.1. The van der Waals surface area contributed by atoms with Crippen molar-refractivity contribution < 1.29 is 4.79 Å². The van der Waals surface area contributed by atoms with Crippen LogP contribution in [0.4, 0.5) is 5.69 Å². The van der Waals surface area contributed by atoms with Crippen molar-refractivity contribution in [2.45, 2.75) is 25.3 Å². The molecule has 1 amide bonds. The third-order valence-electron chi connectivity index (χ3n) is 3.38. The molecule has 0 N–H and O–H groups in total. The molecule has 0 saturated carbocycles. The van der Waals surface area contributed by atoms with Crippen molar-refractivity contribution >= 4 is 17.8 Å². The van der Waals surface area contributed by atoms with Gasteiger partial charge in [0, 0.05) is 25.2 Å². The molecule has 3 nitrogen and oxygen atoms in total. The first-order chi connectivity index (χ1) is 7.86.